The Labute approximate surface area is 106 Å². The summed E-state index contributed by atoms with van der Waals surface area (Å²) in [6, 6.07) is 0. The van der Waals surface area contributed by atoms with Gasteiger partial charge < -0.3 is 19.5 Å². The van der Waals surface area contributed by atoms with E-state index in [1.165, 1.54) is 0 Å². The smallest absolute Gasteiger partial charge is 0.0700 e. The highest BCUT2D eigenvalue weighted by Crippen LogP contribution is 2.00. The van der Waals surface area contributed by atoms with Crippen LogP contribution in [0.1, 0.15) is 34.1 Å². The third kappa shape index (κ3) is 13.8. The quantitative estimate of drug-likeness (QED) is 0.598. The highest BCUT2D eigenvalue weighted by molar-refractivity contribution is 4.71. The molecule has 1 atom stereocenters. The average Bonchev–Trinajstić information content (AvgIpc) is 2.24. The van der Waals surface area contributed by atoms with Crippen LogP contribution < -0.4 is 5.32 Å². The normalized spacial score (nSPS) is 13.9. The number of rotatable bonds is 10. The van der Waals surface area contributed by atoms with Crippen LogP contribution in [0.25, 0.3) is 0 Å². The Kier molecular flexibility index (Phi) is 9.74. The van der Waals surface area contributed by atoms with Gasteiger partial charge in [0.15, 0.2) is 0 Å². The van der Waals surface area contributed by atoms with Crippen molar-refractivity contribution in [1.29, 1.82) is 0 Å². The number of ether oxygens (including phenoxy) is 3. The summed E-state index contributed by atoms with van der Waals surface area (Å²) in [4.78, 5) is 0. The summed E-state index contributed by atoms with van der Waals surface area (Å²) in [5.41, 5.74) is 0.154. The van der Waals surface area contributed by atoms with E-state index in [2.05, 4.69) is 33.0 Å². The van der Waals surface area contributed by atoms with Gasteiger partial charge in [-0.05, 0) is 34.1 Å². The Morgan fingerprint density at radius 2 is 1.76 bits per heavy atom. The molecule has 0 spiro atoms. The maximum absolute atomic E-state index is 5.67. The zero-order valence-corrected chi connectivity index (χ0v) is 12.0. The monoisotopic (exact) mass is 247 g/mol. The Bertz CT molecular complexity index is 169. The van der Waals surface area contributed by atoms with Gasteiger partial charge in [-0.1, -0.05) is 0 Å². The van der Waals surface area contributed by atoms with Crippen LogP contribution in [0.4, 0.5) is 0 Å². The first kappa shape index (κ1) is 16.8. The Morgan fingerprint density at radius 1 is 1.06 bits per heavy atom. The molecule has 0 aliphatic heterocycles. The van der Waals surface area contributed by atoms with Crippen molar-refractivity contribution in [2.24, 2.45) is 0 Å². The molecular weight excluding hydrogens is 218 g/mol. The van der Waals surface area contributed by atoms with E-state index in [9.17, 15) is 0 Å². The van der Waals surface area contributed by atoms with Gasteiger partial charge in [-0.2, -0.15) is 0 Å². The molecule has 0 bridgehead atoms. The van der Waals surface area contributed by atoms with E-state index in [0.29, 0.717) is 13.2 Å². The SMILES string of the molecule is COCCOCCCOC(C)CNC(C)(C)C. The van der Waals surface area contributed by atoms with E-state index in [4.69, 9.17) is 14.2 Å². The molecule has 0 aromatic carbocycles. The van der Waals surface area contributed by atoms with Crippen molar-refractivity contribution in [3.63, 3.8) is 0 Å². The van der Waals surface area contributed by atoms with Crippen molar-refractivity contribution in [3.05, 3.63) is 0 Å². The van der Waals surface area contributed by atoms with Crippen LogP contribution in [-0.4, -0.2) is 51.7 Å². The van der Waals surface area contributed by atoms with Gasteiger partial charge in [-0.3, -0.25) is 0 Å². The molecule has 17 heavy (non-hydrogen) atoms. The van der Waals surface area contributed by atoms with Gasteiger partial charge in [0.2, 0.25) is 0 Å². The molecule has 104 valence electrons. The molecule has 0 aliphatic rings. The largest absolute Gasteiger partial charge is 0.382 e. The second-order valence-electron chi connectivity index (χ2n) is 5.27. The molecule has 0 radical (unpaired) electrons. The van der Waals surface area contributed by atoms with Crippen LogP contribution in [0.15, 0.2) is 0 Å². The van der Waals surface area contributed by atoms with E-state index in [1.807, 2.05) is 0 Å². The second kappa shape index (κ2) is 9.83. The van der Waals surface area contributed by atoms with Gasteiger partial charge in [-0.15, -0.1) is 0 Å². The van der Waals surface area contributed by atoms with Gasteiger partial charge in [-0.25, -0.2) is 0 Å². The predicted octanol–water partition coefficient (Wildman–Crippen LogP) is 1.83. The minimum absolute atomic E-state index is 0.154. The van der Waals surface area contributed by atoms with Crippen molar-refractivity contribution in [3.8, 4) is 0 Å². The van der Waals surface area contributed by atoms with Crippen LogP contribution in [0, 0.1) is 0 Å². The van der Waals surface area contributed by atoms with Crippen LogP contribution in [0.5, 0.6) is 0 Å². The number of hydrogen-bond donors (Lipinski definition) is 1. The zero-order valence-electron chi connectivity index (χ0n) is 12.0. The lowest BCUT2D eigenvalue weighted by Crippen LogP contribution is -2.40. The summed E-state index contributed by atoms with van der Waals surface area (Å²) < 4.78 is 15.9. The molecule has 0 aliphatic carbocycles. The molecule has 0 aromatic heterocycles. The predicted molar refractivity (Wildman–Crippen MR) is 70.5 cm³/mol. The summed E-state index contributed by atoms with van der Waals surface area (Å²) in [5.74, 6) is 0. The fraction of sp³-hybridized carbons (Fsp3) is 1.00. The Morgan fingerprint density at radius 3 is 2.35 bits per heavy atom. The fourth-order valence-corrected chi connectivity index (χ4v) is 1.20. The molecule has 0 saturated heterocycles. The summed E-state index contributed by atoms with van der Waals surface area (Å²) in [6.45, 7) is 12.3. The Balaban J connectivity index is 3.25. The van der Waals surface area contributed by atoms with Crippen LogP contribution in [-0.2, 0) is 14.2 Å². The van der Waals surface area contributed by atoms with E-state index in [0.717, 1.165) is 26.2 Å². The minimum Gasteiger partial charge on any atom is -0.382 e. The van der Waals surface area contributed by atoms with Crippen LogP contribution in [0.3, 0.4) is 0 Å². The maximum Gasteiger partial charge on any atom is 0.0700 e. The Hall–Kier alpha value is -0.160. The van der Waals surface area contributed by atoms with E-state index < -0.39 is 0 Å². The molecule has 4 heteroatoms. The van der Waals surface area contributed by atoms with Crippen molar-refractivity contribution < 1.29 is 14.2 Å². The molecule has 0 saturated carbocycles. The molecule has 0 rings (SSSR count). The highest BCUT2D eigenvalue weighted by Gasteiger charge is 2.10. The third-order valence-electron chi connectivity index (χ3n) is 2.19. The summed E-state index contributed by atoms with van der Waals surface area (Å²) in [5, 5.41) is 3.42. The van der Waals surface area contributed by atoms with Crippen molar-refractivity contribution in [2.75, 3.05) is 40.1 Å². The number of hydrogen-bond acceptors (Lipinski definition) is 4. The molecule has 1 unspecified atom stereocenters. The van der Waals surface area contributed by atoms with Crippen LogP contribution >= 0.6 is 0 Å². The van der Waals surface area contributed by atoms with Gasteiger partial charge in [0, 0.05) is 32.4 Å². The lowest BCUT2D eigenvalue weighted by molar-refractivity contribution is 0.0285. The molecule has 0 heterocycles. The fourth-order valence-electron chi connectivity index (χ4n) is 1.20. The molecule has 1 N–H and O–H groups in total. The summed E-state index contributed by atoms with van der Waals surface area (Å²) >= 11 is 0. The number of nitrogens with one attached hydrogen (secondary N) is 1. The first-order chi connectivity index (χ1) is 7.95. The standard InChI is InChI=1S/C13H29NO3/c1-12(11-14-13(2,3)4)17-8-6-7-16-10-9-15-5/h12,14H,6-11H2,1-5H3. The molecular formula is C13H29NO3. The molecule has 4 nitrogen and oxygen atoms in total. The van der Waals surface area contributed by atoms with E-state index >= 15 is 0 Å². The van der Waals surface area contributed by atoms with Crippen molar-refractivity contribution in [1.82, 2.24) is 5.32 Å². The molecule has 0 aromatic rings. The van der Waals surface area contributed by atoms with Gasteiger partial charge in [0.1, 0.15) is 0 Å². The third-order valence-corrected chi connectivity index (χ3v) is 2.19. The van der Waals surface area contributed by atoms with E-state index in [-0.39, 0.29) is 11.6 Å². The molecule has 0 fully saturated rings. The second-order valence-corrected chi connectivity index (χ2v) is 5.27. The van der Waals surface area contributed by atoms with Crippen molar-refractivity contribution in [2.45, 2.75) is 45.8 Å². The summed E-state index contributed by atoms with van der Waals surface area (Å²) in [7, 11) is 1.68. The van der Waals surface area contributed by atoms with E-state index in [1.54, 1.807) is 7.11 Å². The highest BCUT2D eigenvalue weighted by atomic mass is 16.5. The maximum atomic E-state index is 5.67. The minimum atomic E-state index is 0.154. The first-order valence-corrected chi connectivity index (χ1v) is 6.39. The van der Waals surface area contributed by atoms with Gasteiger partial charge >= 0.3 is 0 Å². The van der Waals surface area contributed by atoms with Gasteiger partial charge in [0.25, 0.3) is 0 Å². The first-order valence-electron chi connectivity index (χ1n) is 6.39. The zero-order chi connectivity index (χ0) is 13.1. The topological polar surface area (TPSA) is 39.7 Å². The molecule has 0 amide bonds. The van der Waals surface area contributed by atoms with Crippen LogP contribution in [0.2, 0.25) is 0 Å². The van der Waals surface area contributed by atoms with Crippen molar-refractivity contribution >= 4 is 0 Å². The van der Waals surface area contributed by atoms with Gasteiger partial charge in [0.05, 0.1) is 19.3 Å². The number of methoxy groups -OCH3 is 1. The lowest BCUT2D eigenvalue weighted by Gasteiger charge is -2.23. The summed E-state index contributed by atoms with van der Waals surface area (Å²) in [6.07, 6.45) is 1.18. The lowest BCUT2D eigenvalue weighted by atomic mass is 10.1. The average molecular weight is 247 g/mol.